The van der Waals surface area contributed by atoms with Crippen molar-refractivity contribution in [1.82, 2.24) is 14.5 Å². The van der Waals surface area contributed by atoms with E-state index >= 15 is 0 Å². The molecule has 0 saturated carbocycles. The van der Waals surface area contributed by atoms with E-state index in [2.05, 4.69) is 9.97 Å². The normalized spacial score (nSPS) is 11.2. The number of rotatable bonds is 4. The van der Waals surface area contributed by atoms with Crippen LogP contribution in [0.1, 0.15) is 34.0 Å². The van der Waals surface area contributed by atoms with Crippen LogP contribution in [0.2, 0.25) is 0 Å². The highest BCUT2D eigenvalue weighted by Gasteiger charge is 2.17. The van der Waals surface area contributed by atoms with Gasteiger partial charge < -0.3 is 4.74 Å². The fraction of sp³-hybridized carbons (Fsp3) is 0.235. The third-order valence-corrected chi connectivity index (χ3v) is 3.60. The van der Waals surface area contributed by atoms with Crippen molar-refractivity contribution in [1.29, 1.82) is 0 Å². The smallest absolute Gasteiger partial charge is 0.339 e. The van der Waals surface area contributed by atoms with Gasteiger partial charge in [-0.2, -0.15) is 8.78 Å². The number of ether oxygens (including phenoxy) is 1. The van der Waals surface area contributed by atoms with Crippen LogP contribution in [0.4, 0.5) is 8.78 Å². The van der Waals surface area contributed by atoms with Crippen LogP contribution in [-0.2, 0) is 11.3 Å². The van der Waals surface area contributed by atoms with Crippen LogP contribution < -0.4 is 0 Å². The molecule has 0 aliphatic carbocycles. The lowest BCUT2D eigenvalue weighted by molar-refractivity contribution is 0.0377. The molecule has 7 heteroatoms. The van der Waals surface area contributed by atoms with Gasteiger partial charge in [0.2, 0.25) is 0 Å². The Morgan fingerprint density at radius 2 is 2.08 bits per heavy atom. The second kappa shape index (κ2) is 6.35. The summed E-state index contributed by atoms with van der Waals surface area (Å²) in [6.45, 7) is 0.631. The van der Waals surface area contributed by atoms with Crippen molar-refractivity contribution in [3.05, 3.63) is 59.3 Å². The lowest BCUT2D eigenvalue weighted by Crippen LogP contribution is -2.11. The predicted octanol–water partition coefficient (Wildman–Crippen LogP) is 3.80. The lowest BCUT2D eigenvalue weighted by atomic mass is 10.1. The van der Waals surface area contributed by atoms with Crippen LogP contribution in [0, 0.1) is 13.8 Å². The molecule has 0 N–H and O–H groups in total. The molecule has 0 saturated heterocycles. The summed E-state index contributed by atoms with van der Waals surface area (Å²) in [7, 11) is 0. The molecule has 0 fully saturated rings. The summed E-state index contributed by atoms with van der Waals surface area (Å²) in [4.78, 5) is 20.6. The van der Waals surface area contributed by atoms with Crippen molar-refractivity contribution < 1.29 is 18.3 Å². The maximum absolute atomic E-state index is 12.8. The molecular formula is C17H15F2N3O2. The van der Waals surface area contributed by atoms with Gasteiger partial charge in [-0.25, -0.2) is 9.78 Å². The number of aryl methyl sites for hydroxylation is 2. The molecule has 2 heterocycles. The highest BCUT2D eigenvalue weighted by atomic mass is 19.3. The molecule has 124 valence electrons. The number of carbonyl (C=O) groups excluding carboxylic acids is 1. The summed E-state index contributed by atoms with van der Waals surface area (Å²) in [6.07, 6.45) is 2.38. The zero-order chi connectivity index (χ0) is 17.3. The SMILES string of the molecule is Cc1ccc2nc(C)cc(C(=O)OCc3nccn3C(F)F)c2c1. The van der Waals surface area contributed by atoms with Crippen LogP contribution in [0.25, 0.3) is 10.9 Å². The van der Waals surface area contributed by atoms with Crippen LogP contribution in [0.15, 0.2) is 36.7 Å². The minimum absolute atomic E-state index is 0.00962. The molecule has 0 radical (unpaired) electrons. The monoisotopic (exact) mass is 331 g/mol. The van der Waals surface area contributed by atoms with Crippen LogP contribution in [-0.4, -0.2) is 20.5 Å². The number of fused-ring (bicyclic) bond motifs is 1. The van der Waals surface area contributed by atoms with Gasteiger partial charge >= 0.3 is 12.5 Å². The molecule has 0 aliphatic rings. The standard InChI is InChI=1S/C17H15F2N3O2/c1-10-3-4-14-12(7-10)13(8-11(2)21-14)16(23)24-9-15-20-5-6-22(15)17(18)19/h3-8,17H,9H2,1-2H3. The van der Waals surface area contributed by atoms with Gasteiger partial charge in [-0.05, 0) is 32.0 Å². The van der Waals surface area contributed by atoms with E-state index in [1.165, 1.54) is 6.20 Å². The maximum Gasteiger partial charge on any atom is 0.339 e. The van der Waals surface area contributed by atoms with Crippen LogP contribution in [0.3, 0.4) is 0 Å². The molecule has 5 nitrogen and oxygen atoms in total. The first-order valence-corrected chi connectivity index (χ1v) is 7.30. The van der Waals surface area contributed by atoms with Crippen LogP contribution in [0.5, 0.6) is 0 Å². The van der Waals surface area contributed by atoms with Crippen LogP contribution >= 0.6 is 0 Å². The Morgan fingerprint density at radius 1 is 1.29 bits per heavy atom. The van der Waals surface area contributed by atoms with Gasteiger partial charge in [0, 0.05) is 23.5 Å². The Labute approximate surface area is 136 Å². The van der Waals surface area contributed by atoms with Gasteiger partial charge in [-0.3, -0.25) is 9.55 Å². The zero-order valence-corrected chi connectivity index (χ0v) is 13.2. The van der Waals surface area contributed by atoms with Crippen molar-refractivity contribution in [3.8, 4) is 0 Å². The summed E-state index contributed by atoms with van der Waals surface area (Å²) < 4.78 is 31.4. The number of imidazole rings is 1. The fourth-order valence-corrected chi connectivity index (χ4v) is 2.48. The second-order valence-corrected chi connectivity index (χ2v) is 5.44. The number of nitrogens with zero attached hydrogens (tertiary/aromatic N) is 3. The molecule has 24 heavy (non-hydrogen) atoms. The molecule has 0 unspecified atom stereocenters. The minimum Gasteiger partial charge on any atom is -0.454 e. The summed E-state index contributed by atoms with van der Waals surface area (Å²) >= 11 is 0. The van der Waals surface area contributed by atoms with Crippen molar-refractivity contribution in [2.45, 2.75) is 27.0 Å². The van der Waals surface area contributed by atoms with Crippen molar-refractivity contribution in [2.24, 2.45) is 0 Å². The molecule has 0 aliphatic heterocycles. The number of benzene rings is 1. The van der Waals surface area contributed by atoms with Gasteiger partial charge in [-0.15, -0.1) is 0 Å². The Hall–Kier alpha value is -2.83. The Kier molecular flexibility index (Phi) is 4.24. The van der Waals surface area contributed by atoms with Gasteiger partial charge in [-0.1, -0.05) is 11.6 Å². The molecule has 3 aromatic rings. The Morgan fingerprint density at radius 3 is 2.83 bits per heavy atom. The van der Waals surface area contributed by atoms with Crippen molar-refractivity contribution in [3.63, 3.8) is 0 Å². The fourth-order valence-electron chi connectivity index (χ4n) is 2.48. The van der Waals surface area contributed by atoms with Gasteiger partial charge in [0.1, 0.15) is 6.61 Å². The highest BCUT2D eigenvalue weighted by Crippen LogP contribution is 2.21. The van der Waals surface area contributed by atoms with Gasteiger partial charge in [0.25, 0.3) is 0 Å². The molecule has 3 rings (SSSR count). The number of esters is 1. The van der Waals surface area contributed by atoms with E-state index < -0.39 is 12.5 Å². The van der Waals surface area contributed by atoms with E-state index in [4.69, 9.17) is 4.74 Å². The molecule has 0 bridgehead atoms. The molecule has 0 atom stereocenters. The third kappa shape index (κ3) is 3.10. The number of carbonyl (C=O) groups is 1. The number of aromatic nitrogens is 3. The highest BCUT2D eigenvalue weighted by molar-refractivity contribution is 6.03. The Bertz CT molecular complexity index is 906. The average molecular weight is 331 g/mol. The molecule has 1 aromatic carbocycles. The molecule has 0 amide bonds. The predicted molar refractivity (Wildman–Crippen MR) is 83.8 cm³/mol. The van der Waals surface area contributed by atoms with Gasteiger partial charge in [0.15, 0.2) is 5.82 Å². The second-order valence-electron chi connectivity index (χ2n) is 5.44. The molecule has 0 spiro atoms. The van der Waals surface area contributed by atoms with E-state index in [-0.39, 0.29) is 12.4 Å². The maximum atomic E-state index is 12.8. The first-order valence-electron chi connectivity index (χ1n) is 7.30. The number of alkyl halides is 2. The van der Waals surface area contributed by atoms with Crippen molar-refractivity contribution >= 4 is 16.9 Å². The summed E-state index contributed by atoms with van der Waals surface area (Å²) in [5.41, 5.74) is 2.70. The minimum atomic E-state index is -2.73. The van der Waals surface area contributed by atoms with E-state index in [1.807, 2.05) is 25.1 Å². The lowest BCUT2D eigenvalue weighted by Gasteiger charge is -2.10. The van der Waals surface area contributed by atoms with Gasteiger partial charge in [0.05, 0.1) is 11.1 Å². The van der Waals surface area contributed by atoms with E-state index in [0.29, 0.717) is 26.7 Å². The largest absolute Gasteiger partial charge is 0.454 e. The topological polar surface area (TPSA) is 57.0 Å². The first kappa shape index (κ1) is 16.0. The molecule has 2 aromatic heterocycles. The Balaban J connectivity index is 1.89. The quantitative estimate of drug-likeness (QED) is 0.682. The summed E-state index contributed by atoms with van der Waals surface area (Å²) in [6, 6.07) is 7.21. The number of hydrogen-bond acceptors (Lipinski definition) is 4. The van der Waals surface area contributed by atoms with Crippen molar-refractivity contribution in [2.75, 3.05) is 0 Å². The average Bonchev–Trinajstić information content (AvgIpc) is 3.01. The summed E-state index contributed by atoms with van der Waals surface area (Å²) in [5.74, 6) is -0.607. The number of hydrogen-bond donors (Lipinski definition) is 0. The first-order chi connectivity index (χ1) is 11.5. The molecular weight excluding hydrogens is 316 g/mol. The van der Waals surface area contributed by atoms with E-state index in [0.717, 1.165) is 11.8 Å². The zero-order valence-electron chi connectivity index (χ0n) is 13.2. The summed E-state index contributed by atoms with van der Waals surface area (Å²) in [5, 5.41) is 0.669. The number of pyridine rings is 1. The van der Waals surface area contributed by atoms with E-state index in [9.17, 15) is 13.6 Å². The third-order valence-electron chi connectivity index (χ3n) is 3.60. The number of halogens is 2. The van der Waals surface area contributed by atoms with E-state index in [1.54, 1.807) is 13.0 Å².